The highest BCUT2D eigenvalue weighted by Gasteiger charge is 2.19. The molecule has 82 valence electrons. The van der Waals surface area contributed by atoms with Gasteiger partial charge in [-0.05, 0) is 24.2 Å². The van der Waals surface area contributed by atoms with Gasteiger partial charge in [0.05, 0.1) is 0 Å². The molecule has 0 aromatic heterocycles. The van der Waals surface area contributed by atoms with Gasteiger partial charge in [-0.2, -0.15) is 0 Å². The molecule has 0 spiro atoms. The van der Waals surface area contributed by atoms with Crippen molar-refractivity contribution in [3.63, 3.8) is 0 Å². The number of nitrogens with one attached hydrogen (secondary N) is 1. The molecule has 1 rings (SSSR count). The van der Waals surface area contributed by atoms with Gasteiger partial charge in [-0.1, -0.05) is 6.92 Å². The Morgan fingerprint density at radius 1 is 1.40 bits per heavy atom. The maximum Gasteiger partial charge on any atom is 0.325 e. The standard InChI is InChI=1S/C10H11F2NO2/c1-2-13-9(10(14)15)6-3-7(11)5-8(12)4-6/h3-5,9,13H,2H2,1H3,(H,14,15). The summed E-state index contributed by atoms with van der Waals surface area (Å²) >= 11 is 0. The summed E-state index contributed by atoms with van der Waals surface area (Å²) in [7, 11) is 0. The fourth-order valence-electron chi connectivity index (χ4n) is 1.29. The van der Waals surface area contributed by atoms with Crippen molar-refractivity contribution in [1.82, 2.24) is 5.32 Å². The van der Waals surface area contributed by atoms with Gasteiger partial charge in [-0.15, -0.1) is 0 Å². The first-order valence-electron chi connectivity index (χ1n) is 4.46. The van der Waals surface area contributed by atoms with E-state index in [0.29, 0.717) is 12.6 Å². The van der Waals surface area contributed by atoms with Gasteiger partial charge in [0.25, 0.3) is 0 Å². The third kappa shape index (κ3) is 2.99. The fraction of sp³-hybridized carbons (Fsp3) is 0.300. The highest BCUT2D eigenvalue weighted by atomic mass is 19.1. The summed E-state index contributed by atoms with van der Waals surface area (Å²) in [4.78, 5) is 10.8. The minimum atomic E-state index is -1.16. The van der Waals surface area contributed by atoms with E-state index in [0.717, 1.165) is 12.1 Å². The average Bonchev–Trinajstić information content (AvgIpc) is 2.11. The van der Waals surface area contributed by atoms with Crippen LogP contribution in [-0.4, -0.2) is 17.6 Å². The minimum absolute atomic E-state index is 0.0712. The van der Waals surface area contributed by atoms with Crippen molar-refractivity contribution in [3.8, 4) is 0 Å². The molecule has 0 saturated heterocycles. The Kier molecular flexibility index (Phi) is 3.74. The molecular formula is C10H11F2NO2. The number of benzene rings is 1. The zero-order valence-corrected chi connectivity index (χ0v) is 8.13. The number of halogens is 2. The first kappa shape index (κ1) is 11.6. The lowest BCUT2D eigenvalue weighted by Crippen LogP contribution is -2.28. The van der Waals surface area contributed by atoms with Gasteiger partial charge in [0.15, 0.2) is 0 Å². The van der Waals surface area contributed by atoms with Gasteiger partial charge in [0, 0.05) is 6.07 Å². The predicted molar refractivity (Wildman–Crippen MR) is 50.4 cm³/mol. The molecular weight excluding hydrogens is 204 g/mol. The molecule has 0 aliphatic heterocycles. The molecule has 0 bridgehead atoms. The molecule has 0 aliphatic rings. The van der Waals surface area contributed by atoms with E-state index in [9.17, 15) is 13.6 Å². The summed E-state index contributed by atoms with van der Waals surface area (Å²) in [5, 5.41) is 11.5. The third-order valence-electron chi connectivity index (χ3n) is 1.87. The molecule has 2 N–H and O–H groups in total. The van der Waals surface area contributed by atoms with Gasteiger partial charge in [0.2, 0.25) is 0 Å². The fourth-order valence-corrected chi connectivity index (χ4v) is 1.29. The third-order valence-corrected chi connectivity index (χ3v) is 1.87. The summed E-state index contributed by atoms with van der Waals surface area (Å²) in [6.45, 7) is 2.11. The second kappa shape index (κ2) is 4.84. The maximum absolute atomic E-state index is 12.8. The maximum atomic E-state index is 12.8. The Morgan fingerprint density at radius 2 is 1.93 bits per heavy atom. The summed E-state index contributed by atoms with van der Waals surface area (Å²) in [5.41, 5.74) is 0.0712. The van der Waals surface area contributed by atoms with Gasteiger partial charge < -0.3 is 10.4 Å². The van der Waals surface area contributed by atoms with E-state index < -0.39 is 23.6 Å². The van der Waals surface area contributed by atoms with Gasteiger partial charge in [-0.25, -0.2) is 8.78 Å². The van der Waals surface area contributed by atoms with Crippen LogP contribution in [-0.2, 0) is 4.79 Å². The van der Waals surface area contributed by atoms with Crippen LogP contribution in [0.2, 0.25) is 0 Å². The van der Waals surface area contributed by atoms with Crippen molar-refractivity contribution in [2.75, 3.05) is 6.54 Å². The number of likely N-dealkylation sites (N-methyl/N-ethyl adjacent to an activating group) is 1. The van der Waals surface area contributed by atoms with E-state index in [1.807, 2.05) is 0 Å². The molecule has 1 unspecified atom stereocenters. The minimum Gasteiger partial charge on any atom is -0.480 e. The SMILES string of the molecule is CCNC(C(=O)O)c1cc(F)cc(F)c1. The monoisotopic (exact) mass is 215 g/mol. The highest BCUT2D eigenvalue weighted by Crippen LogP contribution is 2.16. The van der Waals surface area contributed by atoms with Crippen molar-refractivity contribution in [1.29, 1.82) is 0 Å². The second-order valence-corrected chi connectivity index (χ2v) is 3.03. The zero-order chi connectivity index (χ0) is 11.4. The normalized spacial score (nSPS) is 12.5. The molecule has 1 aromatic rings. The largest absolute Gasteiger partial charge is 0.480 e. The lowest BCUT2D eigenvalue weighted by Gasteiger charge is -2.13. The molecule has 5 heteroatoms. The van der Waals surface area contributed by atoms with E-state index in [2.05, 4.69) is 5.32 Å². The topological polar surface area (TPSA) is 49.3 Å². The van der Waals surface area contributed by atoms with Crippen LogP contribution in [0.1, 0.15) is 18.5 Å². The lowest BCUT2D eigenvalue weighted by molar-refractivity contribution is -0.139. The Labute approximate surface area is 85.7 Å². The van der Waals surface area contributed by atoms with Crippen LogP contribution in [0, 0.1) is 11.6 Å². The average molecular weight is 215 g/mol. The second-order valence-electron chi connectivity index (χ2n) is 3.03. The molecule has 0 amide bonds. The number of carboxylic acid groups (broad SMARTS) is 1. The van der Waals surface area contributed by atoms with E-state index in [1.54, 1.807) is 6.92 Å². The van der Waals surface area contributed by atoms with Crippen LogP contribution < -0.4 is 5.32 Å². The van der Waals surface area contributed by atoms with Crippen LogP contribution in [0.4, 0.5) is 8.78 Å². The Morgan fingerprint density at radius 3 is 2.33 bits per heavy atom. The molecule has 15 heavy (non-hydrogen) atoms. The molecule has 1 atom stereocenters. The van der Waals surface area contributed by atoms with Crippen LogP contribution in [0.3, 0.4) is 0 Å². The smallest absolute Gasteiger partial charge is 0.325 e. The van der Waals surface area contributed by atoms with Crippen LogP contribution in [0.25, 0.3) is 0 Å². The highest BCUT2D eigenvalue weighted by molar-refractivity contribution is 5.75. The van der Waals surface area contributed by atoms with Gasteiger partial charge >= 0.3 is 5.97 Å². The van der Waals surface area contributed by atoms with Crippen molar-refractivity contribution in [2.24, 2.45) is 0 Å². The Balaban J connectivity index is 3.05. The number of hydrogen-bond donors (Lipinski definition) is 2. The van der Waals surface area contributed by atoms with Gasteiger partial charge in [0.1, 0.15) is 17.7 Å². The lowest BCUT2D eigenvalue weighted by atomic mass is 10.1. The van der Waals surface area contributed by atoms with Crippen molar-refractivity contribution < 1.29 is 18.7 Å². The van der Waals surface area contributed by atoms with E-state index in [1.165, 1.54) is 0 Å². The quantitative estimate of drug-likeness (QED) is 0.803. The van der Waals surface area contributed by atoms with Crippen molar-refractivity contribution >= 4 is 5.97 Å². The number of carbonyl (C=O) groups is 1. The number of carboxylic acids is 1. The first-order chi connectivity index (χ1) is 7.04. The molecule has 3 nitrogen and oxygen atoms in total. The summed E-state index contributed by atoms with van der Waals surface area (Å²) in [6.07, 6.45) is 0. The van der Waals surface area contributed by atoms with Crippen molar-refractivity contribution in [3.05, 3.63) is 35.4 Å². The predicted octanol–water partition coefficient (Wildman–Crippen LogP) is 1.70. The van der Waals surface area contributed by atoms with Crippen LogP contribution in [0.5, 0.6) is 0 Å². The van der Waals surface area contributed by atoms with E-state index in [4.69, 9.17) is 5.11 Å². The van der Waals surface area contributed by atoms with E-state index >= 15 is 0 Å². The van der Waals surface area contributed by atoms with Crippen molar-refractivity contribution in [2.45, 2.75) is 13.0 Å². The number of hydrogen-bond acceptors (Lipinski definition) is 2. The first-order valence-corrected chi connectivity index (χ1v) is 4.46. The molecule has 0 aliphatic carbocycles. The molecule has 0 heterocycles. The van der Waals surface area contributed by atoms with E-state index in [-0.39, 0.29) is 5.56 Å². The van der Waals surface area contributed by atoms with Crippen LogP contribution in [0.15, 0.2) is 18.2 Å². The number of rotatable bonds is 4. The Bertz CT molecular complexity index is 348. The number of aliphatic carboxylic acids is 1. The van der Waals surface area contributed by atoms with Gasteiger partial charge in [-0.3, -0.25) is 4.79 Å². The zero-order valence-electron chi connectivity index (χ0n) is 8.13. The summed E-state index contributed by atoms with van der Waals surface area (Å²) in [6, 6.07) is 1.63. The molecule has 0 fully saturated rings. The molecule has 1 aromatic carbocycles. The van der Waals surface area contributed by atoms with Crippen LogP contribution >= 0.6 is 0 Å². The Hall–Kier alpha value is -1.49. The molecule has 0 radical (unpaired) electrons. The molecule has 0 saturated carbocycles. The summed E-state index contributed by atoms with van der Waals surface area (Å²) < 4.78 is 25.7. The summed E-state index contributed by atoms with van der Waals surface area (Å²) in [5.74, 6) is -2.73.